The molecule has 28 heavy (non-hydrogen) atoms. The van der Waals surface area contributed by atoms with E-state index in [1.807, 2.05) is 0 Å². The first-order valence-electron chi connectivity index (χ1n) is 8.24. The average Bonchev–Trinajstić information content (AvgIpc) is 2.70. The minimum Gasteiger partial charge on any atom is -0.494 e. The highest BCUT2D eigenvalue weighted by Gasteiger charge is 2.20. The summed E-state index contributed by atoms with van der Waals surface area (Å²) in [6, 6.07) is 5.66. The molecule has 0 saturated carbocycles. The van der Waals surface area contributed by atoms with Gasteiger partial charge in [0, 0.05) is 5.56 Å². The SMILES string of the molecule is [B]c1ccc(C(=O)OC/C(C=C)=C/C=C)c(-c2cc(C(F)F)ncc2OC)c1. The van der Waals surface area contributed by atoms with E-state index < -0.39 is 18.1 Å². The molecule has 1 heterocycles. The molecule has 7 heteroatoms. The number of rotatable bonds is 8. The van der Waals surface area contributed by atoms with Crippen molar-refractivity contribution in [3.05, 3.63) is 78.7 Å². The van der Waals surface area contributed by atoms with Crippen LogP contribution in [0.15, 0.2) is 67.4 Å². The summed E-state index contributed by atoms with van der Waals surface area (Å²) in [6.07, 6.45) is 3.15. The van der Waals surface area contributed by atoms with E-state index in [2.05, 4.69) is 18.1 Å². The summed E-state index contributed by atoms with van der Waals surface area (Å²) in [5, 5.41) is 0. The van der Waals surface area contributed by atoms with Gasteiger partial charge < -0.3 is 9.47 Å². The number of carbonyl (C=O) groups excluding carboxylic acids is 1. The number of allylic oxidation sites excluding steroid dienone is 2. The van der Waals surface area contributed by atoms with E-state index in [9.17, 15) is 13.6 Å². The van der Waals surface area contributed by atoms with Gasteiger partial charge in [0.15, 0.2) is 0 Å². The summed E-state index contributed by atoms with van der Waals surface area (Å²) in [7, 11) is 7.23. The quantitative estimate of drug-likeness (QED) is 0.395. The van der Waals surface area contributed by atoms with Crippen molar-refractivity contribution in [2.45, 2.75) is 6.43 Å². The van der Waals surface area contributed by atoms with Crippen LogP contribution in [0.3, 0.4) is 0 Å². The second-order valence-corrected chi connectivity index (χ2v) is 5.67. The van der Waals surface area contributed by atoms with Crippen molar-refractivity contribution in [1.82, 2.24) is 4.98 Å². The molecular formula is C21H18BF2NO3. The van der Waals surface area contributed by atoms with Crippen molar-refractivity contribution in [2.24, 2.45) is 0 Å². The molecule has 2 aromatic rings. The molecule has 0 aliphatic heterocycles. The molecule has 0 atom stereocenters. The third-order valence-electron chi connectivity index (χ3n) is 3.85. The van der Waals surface area contributed by atoms with E-state index in [1.165, 1.54) is 37.6 Å². The lowest BCUT2D eigenvalue weighted by atomic mass is 9.89. The van der Waals surface area contributed by atoms with Gasteiger partial charge in [-0.05, 0) is 23.3 Å². The van der Waals surface area contributed by atoms with Gasteiger partial charge in [0.05, 0.1) is 18.9 Å². The topological polar surface area (TPSA) is 48.4 Å². The third-order valence-corrected chi connectivity index (χ3v) is 3.85. The largest absolute Gasteiger partial charge is 0.494 e. The first-order valence-corrected chi connectivity index (χ1v) is 8.24. The first-order chi connectivity index (χ1) is 13.4. The van der Waals surface area contributed by atoms with Gasteiger partial charge in [-0.15, -0.1) is 0 Å². The Kier molecular flexibility index (Phi) is 7.26. The Labute approximate surface area is 163 Å². The van der Waals surface area contributed by atoms with Gasteiger partial charge in [0.25, 0.3) is 6.43 Å². The Hall–Kier alpha value is -3.22. The summed E-state index contributed by atoms with van der Waals surface area (Å²) < 4.78 is 36.8. The fourth-order valence-corrected chi connectivity index (χ4v) is 2.47. The minimum atomic E-state index is -2.78. The molecule has 0 spiro atoms. The maximum Gasteiger partial charge on any atom is 0.339 e. The Morgan fingerprint density at radius 1 is 1.29 bits per heavy atom. The zero-order chi connectivity index (χ0) is 20.7. The first kappa shape index (κ1) is 21.1. The minimum absolute atomic E-state index is 0.0199. The second-order valence-electron chi connectivity index (χ2n) is 5.67. The normalized spacial score (nSPS) is 11.2. The van der Waals surface area contributed by atoms with Crippen LogP contribution in [0.4, 0.5) is 8.78 Å². The number of carbonyl (C=O) groups is 1. The van der Waals surface area contributed by atoms with Gasteiger partial charge in [-0.1, -0.05) is 49.0 Å². The van der Waals surface area contributed by atoms with Crippen LogP contribution in [0.2, 0.25) is 0 Å². The molecule has 0 saturated heterocycles. The Balaban J connectivity index is 2.49. The highest BCUT2D eigenvalue weighted by atomic mass is 19.3. The van der Waals surface area contributed by atoms with E-state index in [1.54, 1.807) is 18.2 Å². The van der Waals surface area contributed by atoms with Crippen molar-refractivity contribution in [3.63, 3.8) is 0 Å². The van der Waals surface area contributed by atoms with Crippen LogP contribution < -0.4 is 10.2 Å². The second kappa shape index (κ2) is 9.64. The maximum absolute atomic E-state index is 13.1. The predicted molar refractivity (Wildman–Crippen MR) is 105 cm³/mol. The summed E-state index contributed by atoms with van der Waals surface area (Å²) in [4.78, 5) is 16.3. The van der Waals surface area contributed by atoms with Gasteiger partial charge in [-0.2, -0.15) is 0 Å². The number of methoxy groups -OCH3 is 1. The Bertz CT molecular complexity index is 926. The lowest BCUT2D eigenvalue weighted by Gasteiger charge is -2.15. The third kappa shape index (κ3) is 4.94. The zero-order valence-corrected chi connectivity index (χ0v) is 15.3. The van der Waals surface area contributed by atoms with Crippen LogP contribution in [0.5, 0.6) is 5.75 Å². The number of alkyl halides is 2. The number of esters is 1. The van der Waals surface area contributed by atoms with Crippen LogP contribution >= 0.6 is 0 Å². The molecule has 0 aliphatic carbocycles. The standard InChI is InChI=1S/C21H18BF2NO3/c1-4-6-13(5-2)12-28-21(26)15-8-7-14(22)9-16(15)17-10-18(20(23)24)25-11-19(17)27-3/h4-11,20H,1-2,12H2,3H3/b13-6+. The molecule has 0 N–H and O–H groups in total. The maximum atomic E-state index is 13.1. The van der Waals surface area contributed by atoms with E-state index in [4.69, 9.17) is 17.3 Å². The van der Waals surface area contributed by atoms with E-state index in [0.717, 1.165) is 0 Å². The van der Waals surface area contributed by atoms with E-state index in [0.29, 0.717) is 16.6 Å². The van der Waals surface area contributed by atoms with Crippen molar-refractivity contribution in [3.8, 4) is 16.9 Å². The van der Waals surface area contributed by atoms with Crippen molar-refractivity contribution < 1.29 is 23.0 Å². The number of aromatic nitrogens is 1. The molecule has 142 valence electrons. The molecule has 4 nitrogen and oxygen atoms in total. The number of ether oxygens (including phenoxy) is 2. The Morgan fingerprint density at radius 3 is 2.64 bits per heavy atom. The van der Waals surface area contributed by atoms with Gasteiger partial charge >= 0.3 is 5.97 Å². The molecule has 0 aliphatic rings. The van der Waals surface area contributed by atoms with Crippen LogP contribution in [0.1, 0.15) is 22.5 Å². The molecule has 1 aromatic carbocycles. The summed E-state index contributed by atoms with van der Waals surface area (Å²) in [6.45, 7) is 7.20. The van der Waals surface area contributed by atoms with Crippen molar-refractivity contribution >= 4 is 19.3 Å². The molecule has 0 unspecified atom stereocenters. The van der Waals surface area contributed by atoms with Crippen molar-refractivity contribution in [2.75, 3.05) is 13.7 Å². The van der Waals surface area contributed by atoms with E-state index >= 15 is 0 Å². The summed E-state index contributed by atoms with van der Waals surface area (Å²) in [5.74, 6) is -0.424. The van der Waals surface area contributed by atoms with Gasteiger partial charge in [0.1, 0.15) is 25.9 Å². The number of benzene rings is 1. The molecule has 0 bridgehead atoms. The zero-order valence-electron chi connectivity index (χ0n) is 15.3. The van der Waals surface area contributed by atoms with Crippen LogP contribution in [0, 0.1) is 0 Å². The van der Waals surface area contributed by atoms with Gasteiger partial charge in [-0.3, -0.25) is 4.98 Å². The lowest BCUT2D eigenvalue weighted by Crippen LogP contribution is -2.12. The number of pyridine rings is 1. The fraction of sp³-hybridized carbons (Fsp3) is 0.143. The summed E-state index contributed by atoms with van der Waals surface area (Å²) in [5.41, 5.74) is 1.28. The van der Waals surface area contributed by atoms with E-state index in [-0.39, 0.29) is 23.5 Å². The van der Waals surface area contributed by atoms with Crippen LogP contribution in [-0.4, -0.2) is 32.5 Å². The number of hydrogen-bond donors (Lipinski definition) is 0. The summed E-state index contributed by atoms with van der Waals surface area (Å²) >= 11 is 0. The number of hydrogen-bond acceptors (Lipinski definition) is 4. The highest BCUT2D eigenvalue weighted by Crippen LogP contribution is 2.34. The van der Waals surface area contributed by atoms with Gasteiger partial charge in [0.2, 0.25) is 0 Å². The number of halogens is 2. The number of nitrogens with zero attached hydrogens (tertiary/aromatic N) is 1. The smallest absolute Gasteiger partial charge is 0.339 e. The molecule has 2 radical (unpaired) electrons. The average molecular weight is 381 g/mol. The van der Waals surface area contributed by atoms with Crippen LogP contribution in [0.25, 0.3) is 11.1 Å². The molecule has 0 amide bonds. The van der Waals surface area contributed by atoms with Crippen LogP contribution in [-0.2, 0) is 4.74 Å². The predicted octanol–water partition coefficient (Wildman–Crippen LogP) is 3.94. The molecule has 1 aromatic heterocycles. The highest BCUT2D eigenvalue weighted by molar-refractivity contribution is 6.32. The molecule has 0 fully saturated rings. The van der Waals surface area contributed by atoms with Crippen molar-refractivity contribution in [1.29, 1.82) is 0 Å². The monoisotopic (exact) mass is 381 g/mol. The molecule has 2 rings (SSSR count). The fourth-order valence-electron chi connectivity index (χ4n) is 2.47. The van der Waals surface area contributed by atoms with Gasteiger partial charge in [-0.25, -0.2) is 13.6 Å². The Morgan fingerprint density at radius 2 is 2.04 bits per heavy atom. The molecular weight excluding hydrogens is 363 g/mol. The lowest BCUT2D eigenvalue weighted by molar-refractivity contribution is 0.0544.